The van der Waals surface area contributed by atoms with E-state index in [1.54, 1.807) is 4.90 Å². The van der Waals surface area contributed by atoms with Crippen LogP contribution in [0.2, 0.25) is 0 Å². The van der Waals surface area contributed by atoms with Crippen molar-refractivity contribution in [3.63, 3.8) is 0 Å². The smallest absolute Gasteiger partial charge is 0.232 e. The van der Waals surface area contributed by atoms with E-state index in [1.807, 2.05) is 19.1 Å². The fourth-order valence-corrected chi connectivity index (χ4v) is 3.39. The van der Waals surface area contributed by atoms with Crippen LogP contribution < -0.4 is 4.90 Å². The number of anilines is 1. The summed E-state index contributed by atoms with van der Waals surface area (Å²) in [5, 5.41) is 0. The first-order valence-electron chi connectivity index (χ1n) is 8.48. The highest BCUT2D eigenvalue weighted by Crippen LogP contribution is 2.32. The minimum absolute atomic E-state index is 0.0963. The molecule has 1 aromatic heterocycles. The first-order valence-corrected chi connectivity index (χ1v) is 8.48. The average Bonchev–Trinajstić information content (AvgIpc) is 3.18. The molecule has 0 bridgehead atoms. The number of carbonyl (C=O) groups excluding carboxylic acids is 1. The van der Waals surface area contributed by atoms with E-state index in [0.29, 0.717) is 18.8 Å². The molecule has 124 valence electrons. The van der Waals surface area contributed by atoms with Crippen LogP contribution in [0.15, 0.2) is 24.3 Å². The van der Waals surface area contributed by atoms with E-state index < -0.39 is 0 Å². The summed E-state index contributed by atoms with van der Waals surface area (Å²) < 4.78 is 5.70. The highest BCUT2D eigenvalue weighted by atomic mass is 16.5. The second-order valence-electron chi connectivity index (χ2n) is 6.62. The van der Waals surface area contributed by atoms with Crippen LogP contribution in [0.5, 0.6) is 0 Å². The van der Waals surface area contributed by atoms with Gasteiger partial charge in [-0.3, -0.25) is 9.69 Å². The summed E-state index contributed by atoms with van der Waals surface area (Å²) in [6.45, 7) is 5.40. The molecule has 2 aliphatic rings. The summed E-state index contributed by atoms with van der Waals surface area (Å²) in [7, 11) is 0. The highest BCUT2D eigenvalue weighted by Gasteiger charge is 2.34. The number of ether oxygens (including phenoxy) is 1. The van der Waals surface area contributed by atoms with Crippen molar-refractivity contribution in [2.45, 2.75) is 39.2 Å². The average molecular weight is 323 g/mol. The fourth-order valence-electron chi connectivity index (χ4n) is 3.39. The molecule has 1 aromatic carbocycles. The van der Waals surface area contributed by atoms with E-state index in [-0.39, 0.29) is 12.0 Å². The summed E-state index contributed by atoms with van der Waals surface area (Å²) in [5.74, 6) is 1.54. The minimum Gasteiger partial charge on any atom is -0.376 e. The number of rotatable bonds is 3. The molecule has 1 unspecified atom stereocenters. The fraction of sp³-hybridized carbons (Fsp3) is 0.421. The highest BCUT2D eigenvalue weighted by molar-refractivity contribution is 6.00. The molecule has 1 atom stereocenters. The van der Waals surface area contributed by atoms with Crippen molar-refractivity contribution in [3.05, 3.63) is 41.1 Å². The van der Waals surface area contributed by atoms with E-state index in [9.17, 15) is 4.79 Å². The van der Waals surface area contributed by atoms with Gasteiger partial charge >= 0.3 is 0 Å². The lowest BCUT2D eigenvalue weighted by Gasteiger charge is -2.20. The van der Waals surface area contributed by atoms with Gasteiger partial charge in [0.2, 0.25) is 5.91 Å². The van der Waals surface area contributed by atoms with Crippen molar-refractivity contribution >= 4 is 11.7 Å². The number of amides is 1. The molecule has 0 aliphatic carbocycles. The Kier molecular flexibility index (Phi) is 3.81. The third-order valence-electron chi connectivity index (χ3n) is 4.80. The van der Waals surface area contributed by atoms with Crippen LogP contribution in [-0.2, 0) is 16.0 Å². The summed E-state index contributed by atoms with van der Waals surface area (Å²) in [5.41, 5.74) is 4.02. The molecule has 1 amide bonds. The molecule has 0 radical (unpaired) electrons. The van der Waals surface area contributed by atoms with Crippen molar-refractivity contribution in [1.29, 1.82) is 0 Å². The maximum atomic E-state index is 12.5. The molecule has 1 saturated heterocycles. The van der Waals surface area contributed by atoms with Gasteiger partial charge in [-0.25, -0.2) is 9.97 Å². The third-order valence-corrected chi connectivity index (χ3v) is 4.80. The van der Waals surface area contributed by atoms with Crippen molar-refractivity contribution in [1.82, 2.24) is 9.97 Å². The largest absolute Gasteiger partial charge is 0.376 e. The molecule has 0 spiro atoms. The second kappa shape index (κ2) is 5.98. The first-order chi connectivity index (χ1) is 11.6. The zero-order valence-electron chi connectivity index (χ0n) is 14.1. The topological polar surface area (TPSA) is 55.3 Å². The molecule has 24 heavy (non-hydrogen) atoms. The summed E-state index contributed by atoms with van der Waals surface area (Å²) in [4.78, 5) is 23.6. The van der Waals surface area contributed by atoms with Gasteiger partial charge in [-0.2, -0.15) is 0 Å². The zero-order valence-corrected chi connectivity index (χ0v) is 14.1. The molecular formula is C19H21N3O2. The number of benzene rings is 1. The molecule has 3 heterocycles. The van der Waals surface area contributed by atoms with Crippen LogP contribution >= 0.6 is 0 Å². The van der Waals surface area contributed by atoms with Gasteiger partial charge in [-0.15, -0.1) is 0 Å². The number of hydrogen-bond donors (Lipinski definition) is 0. The van der Waals surface area contributed by atoms with Crippen LogP contribution in [-0.4, -0.2) is 35.1 Å². The zero-order chi connectivity index (χ0) is 16.7. The molecule has 5 heteroatoms. The molecule has 2 aliphatic heterocycles. The van der Waals surface area contributed by atoms with E-state index in [2.05, 4.69) is 24.0 Å². The number of fused-ring (bicyclic) bond motifs is 1. The molecule has 0 saturated carbocycles. The van der Waals surface area contributed by atoms with Gasteiger partial charge in [0.25, 0.3) is 0 Å². The van der Waals surface area contributed by atoms with Crippen molar-refractivity contribution in [2.75, 3.05) is 18.1 Å². The van der Waals surface area contributed by atoms with Crippen molar-refractivity contribution < 1.29 is 9.53 Å². The standard InChI is InChI=1S/C19H21N3O2/c1-12-5-7-14(8-6-12)18-20-13(2)16-10-17(23)22(19(16)21-18)11-15-4-3-9-24-15/h5-8,15H,3-4,9-11H2,1-2H3. The maximum absolute atomic E-state index is 12.5. The van der Waals surface area contributed by atoms with Crippen molar-refractivity contribution in [2.24, 2.45) is 0 Å². The minimum atomic E-state index is 0.0963. The second-order valence-corrected chi connectivity index (χ2v) is 6.62. The van der Waals surface area contributed by atoms with Gasteiger partial charge in [-0.05, 0) is 26.7 Å². The predicted molar refractivity (Wildman–Crippen MR) is 92.0 cm³/mol. The lowest BCUT2D eigenvalue weighted by Crippen LogP contribution is -2.35. The number of carbonyl (C=O) groups is 1. The number of aromatic nitrogens is 2. The Morgan fingerprint density at radius 2 is 2.00 bits per heavy atom. The quantitative estimate of drug-likeness (QED) is 0.871. The third kappa shape index (κ3) is 2.69. The van der Waals surface area contributed by atoms with Gasteiger partial charge in [0.15, 0.2) is 5.82 Å². The Labute approximate surface area is 141 Å². The Balaban J connectivity index is 1.71. The molecule has 0 N–H and O–H groups in total. The summed E-state index contributed by atoms with van der Waals surface area (Å²) >= 11 is 0. The van der Waals surface area contributed by atoms with Gasteiger partial charge in [0.1, 0.15) is 5.82 Å². The molecule has 1 fully saturated rings. The Bertz CT molecular complexity index is 780. The lowest BCUT2D eigenvalue weighted by molar-refractivity contribution is -0.117. The number of nitrogens with zero attached hydrogens (tertiary/aromatic N) is 3. The van der Waals surface area contributed by atoms with Crippen LogP contribution in [0, 0.1) is 13.8 Å². The van der Waals surface area contributed by atoms with Crippen LogP contribution in [0.1, 0.15) is 29.7 Å². The van der Waals surface area contributed by atoms with Crippen molar-refractivity contribution in [3.8, 4) is 11.4 Å². The number of hydrogen-bond acceptors (Lipinski definition) is 4. The SMILES string of the molecule is Cc1ccc(-c2nc(C)c3c(n2)N(CC2CCCO2)C(=O)C3)cc1. The molecular weight excluding hydrogens is 302 g/mol. The predicted octanol–water partition coefficient (Wildman–Crippen LogP) is 2.83. The first kappa shape index (κ1) is 15.3. The van der Waals surface area contributed by atoms with Crippen LogP contribution in [0.25, 0.3) is 11.4 Å². The summed E-state index contributed by atoms with van der Waals surface area (Å²) in [6.07, 6.45) is 2.59. The van der Waals surface area contributed by atoms with Crippen LogP contribution in [0.3, 0.4) is 0 Å². The van der Waals surface area contributed by atoms with Gasteiger partial charge in [0, 0.05) is 23.4 Å². The lowest BCUT2D eigenvalue weighted by atomic mass is 10.1. The van der Waals surface area contributed by atoms with E-state index >= 15 is 0 Å². The van der Waals surface area contributed by atoms with Gasteiger partial charge in [-0.1, -0.05) is 29.8 Å². The van der Waals surface area contributed by atoms with Crippen LogP contribution in [0.4, 0.5) is 5.82 Å². The Morgan fingerprint density at radius 3 is 2.71 bits per heavy atom. The summed E-state index contributed by atoms with van der Waals surface area (Å²) in [6, 6.07) is 8.16. The van der Waals surface area contributed by atoms with E-state index in [1.165, 1.54) is 5.56 Å². The normalized spacial score (nSPS) is 19.8. The van der Waals surface area contributed by atoms with E-state index in [0.717, 1.165) is 42.1 Å². The van der Waals surface area contributed by atoms with Gasteiger partial charge in [0.05, 0.1) is 19.1 Å². The molecule has 5 nitrogen and oxygen atoms in total. The molecule has 4 rings (SSSR count). The Morgan fingerprint density at radius 1 is 1.21 bits per heavy atom. The van der Waals surface area contributed by atoms with E-state index in [4.69, 9.17) is 9.72 Å². The van der Waals surface area contributed by atoms with Gasteiger partial charge < -0.3 is 4.74 Å². The monoisotopic (exact) mass is 323 g/mol. The molecule has 2 aromatic rings. The maximum Gasteiger partial charge on any atom is 0.232 e. The Hall–Kier alpha value is -2.27. The number of aryl methyl sites for hydroxylation is 2.